The Morgan fingerprint density at radius 1 is 1.50 bits per heavy atom. The first kappa shape index (κ1) is 18.2. The van der Waals surface area contributed by atoms with Gasteiger partial charge in [0.1, 0.15) is 10.3 Å². The van der Waals surface area contributed by atoms with E-state index in [4.69, 9.17) is 22.1 Å². The minimum atomic E-state index is -2.75. The molecule has 2 heterocycles. The van der Waals surface area contributed by atoms with Gasteiger partial charge in [-0.25, -0.2) is 8.78 Å². The Morgan fingerprint density at radius 2 is 2.21 bits per heavy atom. The van der Waals surface area contributed by atoms with Gasteiger partial charge in [0.2, 0.25) is 5.91 Å². The zero-order chi connectivity index (χ0) is 17.9. The molecule has 1 fully saturated rings. The first-order valence-electron chi connectivity index (χ1n) is 6.79. The summed E-state index contributed by atoms with van der Waals surface area (Å²) < 4.78 is 25.7. The van der Waals surface area contributed by atoms with Gasteiger partial charge < -0.3 is 9.88 Å². The molecule has 3 unspecified atom stereocenters. The maximum Gasteiger partial charge on any atom is 0.269 e. The zero-order valence-corrected chi connectivity index (χ0v) is 13.7. The van der Waals surface area contributed by atoms with Crippen molar-refractivity contribution in [3.05, 3.63) is 27.6 Å². The largest absolute Gasteiger partial charge is 0.324 e. The number of rotatable bonds is 4. The maximum atomic E-state index is 12.5. The number of carbonyl (C=O) groups excluding carboxylic acids is 1. The van der Waals surface area contributed by atoms with Gasteiger partial charge in [-0.05, 0) is 12.5 Å². The number of thioether (sulfide) groups is 1. The van der Waals surface area contributed by atoms with Crippen molar-refractivity contribution < 1.29 is 13.6 Å². The van der Waals surface area contributed by atoms with Crippen molar-refractivity contribution in [3.8, 4) is 12.1 Å². The Labute approximate surface area is 145 Å². The second kappa shape index (κ2) is 7.65. The van der Waals surface area contributed by atoms with E-state index >= 15 is 0 Å². The molecule has 10 heteroatoms. The predicted molar refractivity (Wildman–Crippen MR) is 84.8 cm³/mol. The number of aromatic nitrogens is 1. The molecule has 0 aliphatic carbocycles. The molecular weight excluding hydrogens is 362 g/mol. The predicted octanol–water partition coefficient (Wildman–Crippen LogP) is 2.24. The summed E-state index contributed by atoms with van der Waals surface area (Å²) in [4.78, 5) is 23.9. The molecular formula is C14H11ClF2N4O2S. The number of amides is 1. The molecule has 0 aromatic carbocycles. The minimum Gasteiger partial charge on any atom is -0.324 e. The third-order valence-electron chi connectivity index (χ3n) is 3.37. The third kappa shape index (κ3) is 4.05. The lowest BCUT2D eigenvalue weighted by Gasteiger charge is -2.12. The number of pyridine rings is 1. The van der Waals surface area contributed by atoms with Crippen LogP contribution in [0.15, 0.2) is 17.1 Å². The summed E-state index contributed by atoms with van der Waals surface area (Å²) in [6, 6.07) is 5.13. The lowest BCUT2D eigenvalue weighted by molar-refractivity contribution is -0.115. The van der Waals surface area contributed by atoms with Crippen LogP contribution in [0.25, 0.3) is 0 Å². The first-order valence-corrected chi connectivity index (χ1v) is 8.11. The van der Waals surface area contributed by atoms with Crippen molar-refractivity contribution in [2.75, 3.05) is 5.32 Å². The summed E-state index contributed by atoms with van der Waals surface area (Å²) in [5, 5.41) is 18.9. The Morgan fingerprint density at radius 3 is 2.75 bits per heavy atom. The summed E-state index contributed by atoms with van der Waals surface area (Å²) >= 11 is 6.79. The van der Waals surface area contributed by atoms with Crippen LogP contribution in [0.3, 0.4) is 0 Å². The van der Waals surface area contributed by atoms with Crippen LogP contribution in [0.1, 0.15) is 6.42 Å². The molecule has 0 bridgehead atoms. The van der Waals surface area contributed by atoms with Crippen LogP contribution >= 0.6 is 23.4 Å². The SMILES string of the molecule is N#CC1CC(C(=O)Nc2cc(Cl)c(=O)n(CC(F)F)c2)SC1C#N. The molecule has 1 aliphatic heterocycles. The number of anilines is 1. The summed E-state index contributed by atoms with van der Waals surface area (Å²) in [5.41, 5.74) is -0.681. The van der Waals surface area contributed by atoms with Crippen molar-refractivity contribution in [1.29, 1.82) is 10.5 Å². The summed E-state index contributed by atoms with van der Waals surface area (Å²) in [6.07, 6.45) is -1.44. The van der Waals surface area contributed by atoms with Crippen LogP contribution in [-0.2, 0) is 11.3 Å². The number of nitrogens with zero attached hydrogens (tertiary/aromatic N) is 3. The van der Waals surface area contributed by atoms with E-state index in [1.54, 1.807) is 0 Å². The van der Waals surface area contributed by atoms with Crippen LogP contribution in [-0.4, -0.2) is 27.4 Å². The molecule has 126 valence electrons. The molecule has 1 aliphatic rings. The van der Waals surface area contributed by atoms with Gasteiger partial charge in [0.15, 0.2) is 0 Å². The minimum absolute atomic E-state index is 0.0970. The van der Waals surface area contributed by atoms with E-state index in [0.29, 0.717) is 0 Å². The van der Waals surface area contributed by atoms with Gasteiger partial charge in [-0.15, -0.1) is 11.8 Å². The standard InChI is InChI=1S/C14H11ClF2N4O2S/c15-9-2-8(5-21(14(9)23)6-12(16)17)20-13(22)10-1-7(3-18)11(4-19)24-10/h2,5,7,10-12H,1,6H2,(H,20,22). The molecule has 2 rings (SSSR count). The van der Waals surface area contributed by atoms with Gasteiger partial charge in [-0.1, -0.05) is 11.6 Å². The Bertz CT molecular complexity index is 764. The Hall–Kier alpha value is -2.10. The van der Waals surface area contributed by atoms with Crippen LogP contribution < -0.4 is 10.9 Å². The molecule has 0 radical (unpaired) electrons. The molecule has 1 amide bonds. The highest BCUT2D eigenvalue weighted by atomic mass is 35.5. The van der Waals surface area contributed by atoms with Crippen molar-refractivity contribution in [3.63, 3.8) is 0 Å². The molecule has 1 aromatic heterocycles. The van der Waals surface area contributed by atoms with Gasteiger partial charge in [0.05, 0.1) is 35.5 Å². The van der Waals surface area contributed by atoms with Crippen LogP contribution in [0.2, 0.25) is 5.02 Å². The van der Waals surface area contributed by atoms with Gasteiger partial charge in [0, 0.05) is 6.20 Å². The van der Waals surface area contributed by atoms with E-state index in [9.17, 15) is 18.4 Å². The van der Waals surface area contributed by atoms with E-state index in [-0.39, 0.29) is 17.1 Å². The monoisotopic (exact) mass is 372 g/mol. The molecule has 1 saturated heterocycles. The van der Waals surface area contributed by atoms with Gasteiger partial charge >= 0.3 is 0 Å². The molecule has 1 N–H and O–H groups in total. The number of carbonyl (C=O) groups is 1. The highest BCUT2D eigenvalue weighted by Gasteiger charge is 2.39. The van der Waals surface area contributed by atoms with E-state index in [0.717, 1.165) is 22.5 Å². The number of nitrogens with one attached hydrogen (secondary N) is 1. The normalized spacial score (nSPS) is 22.8. The van der Waals surface area contributed by atoms with Crippen LogP contribution in [0, 0.1) is 28.6 Å². The summed E-state index contributed by atoms with van der Waals surface area (Å²) in [5.74, 6) is -1.02. The summed E-state index contributed by atoms with van der Waals surface area (Å²) in [6.45, 7) is -0.840. The van der Waals surface area contributed by atoms with E-state index in [2.05, 4.69) is 5.32 Å². The maximum absolute atomic E-state index is 12.5. The highest BCUT2D eigenvalue weighted by Crippen LogP contribution is 2.38. The van der Waals surface area contributed by atoms with E-state index in [1.165, 1.54) is 6.07 Å². The van der Waals surface area contributed by atoms with Gasteiger partial charge in [-0.2, -0.15) is 10.5 Å². The van der Waals surface area contributed by atoms with Crippen LogP contribution in [0.5, 0.6) is 0 Å². The number of halogens is 3. The highest BCUT2D eigenvalue weighted by molar-refractivity contribution is 8.01. The summed E-state index contributed by atoms with van der Waals surface area (Å²) in [7, 11) is 0. The molecule has 3 atom stereocenters. The molecule has 6 nitrogen and oxygen atoms in total. The smallest absolute Gasteiger partial charge is 0.269 e. The quantitative estimate of drug-likeness (QED) is 0.873. The molecule has 0 spiro atoms. The molecule has 1 aromatic rings. The number of nitriles is 2. The van der Waals surface area contributed by atoms with Crippen LogP contribution in [0.4, 0.5) is 14.5 Å². The second-order valence-corrected chi connectivity index (χ2v) is 6.82. The second-order valence-electron chi connectivity index (χ2n) is 5.06. The van der Waals surface area contributed by atoms with Crippen molar-refractivity contribution in [1.82, 2.24) is 4.57 Å². The van der Waals surface area contributed by atoms with Crippen molar-refractivity contribution in [2.45, 2.75) is 29.9 Å². The lowest BCUT2D eigenvalue weighted by Crippen LogP contribution is -2.27. The average Bonchev–Trinajstić information content (AvgIpc) is 2.95. The Balaban J connectivity index is 2.16. The van der Waals surface area contributed by atoms with E-state index in [1.807, 2.05) is 12.1 Å². The van der Waals surface area contributed by atoms with Crippen molar-refractivity contribution in [2.24, 2.45) is 5.92 Å². The number of alkyl halides is 2. The van der Waals surface area contributed by atoms with E-state index < -0.39 is 40.9 Å². The fourth-order valence-corrected chi connectivity index (χ4v) is 3.77. The fraction of sp³-hybridized carbons (Fsp3) is 0.429. The van der Waals surface area contributed by atoms with Gasteiger partial charge in [0.25, 0.3) is 12.0 Å². The first-order chi connectivity index (χ1) is 11.3. The third-order valence-corrected chi connectivity index (χ3v) is 5.11. The number of hydrogen-bond donors (Lipinski definition) is 1. The van der Waals surface area contributed by atoms with Gasteiger partial charge in [-0.3, -0.25) is 9.59 Å². The lowest BCUT2D eigenvalue weighted by atomic mass is 10.0. The average molecular weight is 373 g/mol. The Kier molecular flexibility index (Phi) is 5.81. The van der Waals surface area contributed by atoms with Crippen molar-refractivity contribution >= 4 is 35.0 Å². The zero-order valence-electron chi connectivity index (χ0n) is 12.1. The topological polar surface area (TPSA) is 98.7 Å². The number of hydrogen-bond acceptors (Lipinski definition) is 5. The molecule has 24 heavy (non-hydrogen) atoms. The molecule has 0 saturated carbocycles. The fourth-order valence-electron chi connectivity index (χ4n) is 2.27.